The van der Waals surface area contributed by atoms with Crippen LogP contribution in [0.25, 0.3) is 0 Å². The number of hydrogen-bond acceptors (Lipinski definition) is 0. The van der Waals surface area contributed by atoms with E-state index in [1.54, 1.807) is 128 Å². The number of rotatable bonds is 0. The Kier molecular flexibility index (Phi) is 46.5. The van der Waals surface area contributed by atoms with Gasteiger partial charge in [-0.2, -0.15) is 0 Å². The van der Waals surface area contributed by atoms with Gasteiger partial charge in [0.25, 0.3) is 0 Å². The van der Waals surface area contributed by atoms with E-state index in [-0.39, 0.29) is 14.9 Å². The van der Waals surface area contributed by atoms with Gasteiger partial charge in [0, 0.05) is 0 Å². The predicted molar refractivity (Wildman–Crippen MR) is 354 cm³/mol. The Morgan fingerprint density at radius 1 is 0.227 bits per heavy atom. The Balaban J connectivity index is -0.000000364. The van der Waals surface area contributed by atoms with Crippen molar-refractivity contribution < 1.29 is 0 Å². The second-order valence-corrected chi connectivity index (χ2v) is 34.4. The zero-order valence-electron chi connectivity index (χ0n) is 56.4. The molecule has 13 fully saturated rings. The SMILES string of the molecule is C.C.C1CC2(C1)CC2.C1CC2(C1)CCC2.C1CC2CC1C2.C1CCC1.C1CCC1.C1CCC2(C1)CC2.C1CCC2(CC1)CC2.CC(C)(C)C.CC(C)(C)C.CC(C)(C)C.CC(C)C.CC(C)C.CC(C)C.CC(C)C. The Labute approximate surface area is 483 Å². The molecule has 13 saturated carbocycles. The maximum atomic E-state index is 2.19. The summed E-state index contributed by atoms with van der Waals surface area (Å²) in [4.78, 5) is 0. The van der Waals surface area contributed by atoms with Crippen LogP contribution in [0, 0.1) is 73.4 Å². The minimum atomic E-state index is 0. The lowest BCUT2D eigenvalue weighted by molar-refractivity contribution is 0.0314. The maximum Gasteiger partial charge on any atom is -0.0297 e. The molecule has 0 unspecified atom stereocenters. The minimum absolute atomic E-state index is 0. The summed E-state index contributed by atoms with van der Waals surface area (Å²) in [6.45, 7) is 52.2. The molecule has 0 heterocycles. The largest absolute Gasteiger partial charge is 0.0776 e. The van der Waals surface area contributed by atoms with Gasteiger partial charge in [0.2, 0.25) is 0 Å². The topological polar surface area (TPSA) is 0 Å². The predicted octanol–water partition coefficient (Wildman–Crippen LogP) is 28.4. The third-order valence-corrected chi connectivity index (χ3v) is 15.0. The molecule has 0 N–H and O–H groups in total. The van der Waals surface area contributed by atoms with E-state index < -0.39 is 0 Å². The molecule has 2 bridgehead atoms. The average molecular weight is 1060 g/mol. The Hall–Kier alpha value is 0. The maximum absolute atomic E-state index is 2.19. The molecule has 0 nitrogen and oxygen atoms in total. The first-order valence-corrected chi connectivity index (χ1v) is 33.5. The monoisotopic (exact) mass is 1060 g/mol. The average Bonchev–Trinajstić information content (AvgIpc) is 4.03. The van der Waals surface area contributed by atoms with Crippen LogP contribution in [0.1, 0.15) is 412 Å². The molecule has 13 rings (SSSR count). The van der Waals surface area contributed by atoms with Crippen LogP contribution in [0.15, 0.2) is 0 Å². The highest BCUT2D eigenvalue weighted by molar-refractivity contribution is 4.99. The number of fused-ring (bicyclic) bond motifs is 1. The standard InChI is InChI=1S/C8H14.2C7H12.2C6H10.3C5H12.2C4H8.4C4H10.2CH4/c1-2-4-8(5-3-1)6-7-8;1-3-7(4-1)5-2-6-7;1-2-4-7(3-1)5-6-7;1-2-6-3-5(1)4-6;1-2-6(3-1)4-5-6;3*1-5(2,3)4;2*1-2-4-3-1;4*1-4(2)3;;/h1-7H2;2*1-6H2;5-6H,1-4H2;1-5H2;3*1-4H3;2*1-4H2;4*4H,1-3H3;2*1H4. The molecule has 0 amide bonds. The summed E-state index contributed by atoms with van der Waals surface area (Å²) in [6, 6.07) is 0. The van der Waals surface area contributed by atoms with Crippen molar-refractivity contribution >= 4 is 0 Å². The van der Waals surface area contributed by atoms with Gasteiger partial charge >= 0.3 is 0 Å². The van der Waals surface area contributed by atoms with Crippen LogP contribution >= 0.6 is 0 Å². The number of hydrogen-bond donors (Lipinski definition) is 0. The molecule has 0 saturated heterocycles. The third-order valence-electron chi connectivity index (χ3n) is 15.0. The zero-order chi connectivity index (χ0) is 56.4. The lowest BCUT2D eigenvalue weighted by atomic mass is 9.56. The van der Waals surface area contributed by atoms with Crippen molar-refractivity contribution in [3.8, 4) is 0 Å². The molecule has 0 radical (unpaired) electrons. The molecule has 4 spiro atoms. The Morgan fingerprint density at radius 2 is 0.347 bits per heavy atom. The molecule has 13 aliphatic carbocycles. The smallest absolute Gasteiger partial charge is 0.0297 e. The van der Waals surface area contributed by atoms with Crippen LogP contribution in [0.2, 0.25) is 0 Å². The fourth-order valence-corrected chi connectivity index (χ4v) is 9.30. The molecule has 458 valence electrons. The lowest BCUT2D eigenvalue weighted by Gasteiger charge is -2.49. The first-order chi connectivity index (χ1) is 33.5. The molecular weight excluding hydrogens is 901 g/mol. The van der Waals surface area contributed by atoms with Gasteiger partial charge in [-0.25, -0.2) is 0 Å². The van der Waals surface area contributed by atoms with E-state index in [0.717, 1.165) is 45.3 Å². The van der Waals surface area contributed by atoms with Gasteiger partial charge in [-0.05, 0) is 189 Å². The minimum Gasteiger partial charge on any atom is -0.0776 e. The van der Waals surface area contributed by atoms with Crippen molar-refractivity contribution in [2.24, 2.45) is 73.4 Å². The van der Waals surface area contributed by atoms with E-state index in [9.17, 15) is 0 Å². The summed E-state index contributed by atoms with van der Waals surface area (Å²) in [5, 5.41) is 0. The summed E-state index contributed by atoms with van der Waals surface area (Å²) < 4.78 is 0. The molecule has 0 atom stereocenters. The van der Waals surface area contributed by atoms with E-state index >= 15 is 0 Å². The van der Waals surface area contributed by atoms with Crippen LogP contribution in [0.3, 0.4) is 0 Å². The van der Waals surface area contributed by atoms with Gasteiger partial charge in [-0.15, -0.1) is 0 Å². The first kappa shape index (κ1) is 81.5. The first-order valence-electron chi connectivity index (χ1n) is 33.5. The third kappa shape index (κ3) is 61.5. The van der Waals surface area contributed by atoms with E-state index in [0.29, 0.717) is 16.2 Å². The van der Waals surface area contributed by atoms with E-state index in [1.165, 1.54) is 115 Å². The van der Waals surface area contributed by atoms with Gasteiger partial charge in [-0.3, -0.25) is 0 Å². The van der Waals surface area contributed by atoms with Crippen LogP contribution in [-0.4, -0.2) is 0 Å². The highest BCUT2D eigenvalue weighted by atomic mass is 14.5. The summed E-state index contributed by atoms with van der Waals surface area (Å²) in [5.41, 5.74) is 5.29. The summed E-state index contributed by atoms with van der Waals surface area (Å²) in [5.74, 6) is 5.71. The van der Waals surface area contributed by atoms with Crippen molar-refractivity contribution in [1.29, 1.82) is 0 Å². The van der Waals surface area contributed by atoms with Crippen molar-refractivity contribution in [2.75, 3.05) is 0 Å². The fourth-order valence-electron chi connectivity index (χ4n) is 9.30. The highest BCUT2D eigenvalue weighted by Crippen LogP contribution is 2.61. The summed E-state index contributed by atoms with van der Waals surface area (Å²) in [7, 11) is 0. The van der Waals surface area contributed by atoms with Crippen LogP contribution in [0.5, 0.6) is 0 Å². The summed E-state index contributed by atoms with van der Waals surface area (Å²) in [6.07, 6.45) is 55.5. The van der Waals surface area contributed by atoms with Gasteiger partial charge in [-0.1, -0.05) is 297 Å². The van der Waals surface area contributed by atoms with E-state index in [4.69, 9.17) is 0 Å². The van der Waals surface area contributed by atoms with Crippen molar-refractivity contribution in [3.05, 3.63) is 0 Å². The van der Waals surface area contributed by atoms with Crippen molar-refractivity contribution in [3.63, 3.8) is 0 Å². The lowest BCUT2D eigenvalue weighted by Crippen LogP contribution is -2.35. The van der Waals surface area contributed by atoms with Crippen LogP contribution in [-0.2, 0) is 0 Å². The Morgan fingerprint density at radius 3 is 0.413 bits per heavy atom. The normalized spacial score (nSPS) is 23.8. The van der Waals surface area contributed by atoms with Gasteiger partial charge in [0.05, 0.1) is 0 Å². The van der Waals surface area contributed by atoms with E-state index in [2.05, 4.69) is 166 Å². The van der Waals surface area contributed by atoms with Crippen molar-refractivity contribution in [2.45, 2.75) is 412 Å². The Bertz CT molecular complexity index is 1040. The quantitative estimate of drug-likeness (QED) is 0.227. The van der Waals surface area contributed by atoms with Gasteiger partial charge < -0.3 is 0 Å². The van der Waals surface area contributed by atoms with Gasteiger partial charge in [0.15, 0.2) is 0 Å². The van der Waals surface area contributed by atoms with E-state index in [1.807, 2.05) is 0 Å². The fraction of sp³-hybridized carbons (Fsp3) is 1.00. The second kappa shape index (κ2) is 42.8. The van der Waals surface area contributed by atoms with Crippen molar-refractivity contribution in [1.82, 2.24) is 0 Å². The molecular formula is C75H158. The highest BCUT2D eigenvalue weighted by Gasteiger charge is 2.47. The zero-order valence-corrected chi connectivity index (χ0v) is 56.4. The molecule has 0 aliphatic heterocycles. The van der Waals surface area contributed by atoms with Crippen LogP contribution < -0.4 is 0 Å². The molecule has 0 aromatic heterocycles. The molecule has 13 aliphatic rings. The second-order valence-electron chi connectivity index (χ2n) is 34.4. The molecule has 0 aromatic carbocycles. The van der Waals surface area contributed by atoms with Crippen LogP contribution in [0.4, 0.5) is 0 Å². The molecule has 0 heteroatoms. The van der Waals surface area contributed by atoms with Gasteiger partial charge in [0.1, 0.15) is 0 Å². The summed E-state index contributed by atoms with van der Waals surface area (Å²) >= 11 is 0. The molecule has 0 aromatic rings. The molecule has 75 heavy (non-hydrogen) atoms.